The Morgan fingerprint density at radius 1 is 1.35 bits per heavy atom. The predicted molar refractivity (Wildman–Crippen MR) is 92.9 cm³/mol. The highest BCUT2D eigenvalue weighted by atomic mass is 35.5. The summed E-state index contributed by atoms with van der Waals surface area (Å²) in [6, 6.07) is 11.2. The molecule has 1 saturated heterocycles. The number of hydrogen-bond donors (Lipinski definition) is 1. The van der Waals surface area contributed by atoms with Crippen molar-refractivity contribution in [1.82, 2.24) is 5.32 Å². The molecular formula is C17H17ClN2O2S. The van der Waals surface area contributed by atoms with E-state index in [0.29, 0.717) is 24.5 Å². The summed E-state index contributed by atoms with van der Waals surface area (Å²) in [6.45, 7) is 1.10. The van der Waals surface area contributed by atoms with E-state index in [1.165, 1.54) is 4.88 Å². The van der Waals surface area contributed by atoms with Gasteiger partial charge in [0.2, 0.25) is 11.8 Å². The van der Waals surface area contributed by atoms with Gasteiger partial charge in [-0.25, -0.2) is 0 Å². The third kappa shape index (κ3) is 3.74. The van der Waals surface area contributed by atoms with Gasteiger partial charge in [-0.2, -0.15) is 0 Å². The first-order chi connectivity index (χ1) is 11.1. The molecule has 2 amide bonds. The van der Waals surface area contributed by atoms with E-state index in [0.717, 1.165) is 12.1 Å². The highest BCUT2D eigenvalue weighted by Crippen LogP contribution is 2.27. The van der Waals surface area contributed by atoms with Crippen molar-refractivity contribution < 1.29 is 9.59 Å². The summed E-state index contributed by atoms with van der Waals surface area (Å²) < 4.78 is 0. The molecule has 1 fully saturated rings. The molecule has 0 spiro atoms. The molecule has 4 nitrogen and oxygen atoms in total. The summed E-state index contributed by atoms with van der Waals surface area (Å²) in [5, 5.41) is 5.47. The highest BCUT2D eigenvalue weighted by molar-refractivity contribution is 7.09. The van der Waals surface area contributed by atoms with Crippen LogP contribution in [0.15, 0.2) is 41.8 Å². The summed E-state index contributed by atoms with van der Waals surface area (Å²) in [4.78, 5) is 27.6. The third-order valence-corrected chi connectivity index (χ3v) is 5.06. The largest absolute Gasteiger partial charge is 0.355 e. The molecule has 2 heterocycles. The molecule has 0 aliphatic carbocycles. The topological polar surface area (TPSA) is 49.4 Å². The van der Waals surface area contributed by atoms with Crippen LogP contribution in [0.2, 0.25) is 5.02 Å². The van der Waals surface area contributed by atoms with E-state index in [4.69, 9.17) is 11.6 Å². The summed E-state index contributed by atoms with van der Waals surface area (Å²) in [5.41, 5.74) is 0.747. The van der Waals surface area contributed by atoms with Crippen LogP contribution in [0.4, 0.5) is 5.69 Å². The minimum absolute atomic E-state index is 0.152. The lowest BCUT2D eigenvalue weighted by Gasteiger charge is -2.17. The van der Waals surface area contributed by atoms with Gasteiger partial charge in [-0.15, -0.1) is 11.3 Å². The number of nitrogens with one attached hydrogen (secondary N) is 1. The molecule has 1 atom stereocenters. The van der Waals surface area contributed by atoms with Crippen LogP contribution in [0.25, 0.3) is 0 Å². The number of thiophene rings is 1. The van der Waals surface area contributed by atoms with Crippen LogP contribution in [-0.4, -0.2) is 24.9 Å². The van der Waals surface area contributed by atoms with Gasteiger partial charge in [0.05, 0.1) is 0 Å². The maximum absolute atomic E-state index is 12.5. The van der Waals surface area contributed by atoms with E-state index in [-0.39, 0.29) is 11.8 Å². The van der Waals surface area contributed by atoms with E-state index >= 15 is 0 Å². The average Bonchev–Trinajstić information content (AvgIpc) is 3.17. The molecule has 120 valence electrons. The van der Waals surface area contributed by atoms with Gasteiger partial charge in [-0.05, 0) is 42.5 Å². The summed E-state index contributed by atoms with van der Waals surface area (Å²) in [6.07, 6.45) is 1.33. The van der Waals surface area contributed by atoms with Gasteiger partial charge in [-0.3, -0.25) is 9.59 Å². The van der Waals surface area contributed by atoms with E-state index in [9.17, 15) is 9.59 Å². The quantitative estimate of drug-likeness (QED) is 0.844. The lowest BCUT2D eigenvalue weighted by atomic mass is 10.1. The van der Waals surface area contributed by atoms with Crippen molar-refractivity contribution >= 4 is 40.4 Å². The Morgan fingerprint density at radius 2 is 2.22 bits per heavy atom. The van der Waals surface area contributed by atoms with Gasteiger partial charge in [-0.1, -0.05) is 23.7 Å². The van der Waals surface area contributed by atoms with Crippen molar-refractivity contribution in [3.05, 3.63) is 51.7 Å². The van der Waals surface area contributed by atoms with Crippen molar-refractivity contribution in [1.29, 1.82) is 0 Å². The van der Waals surface area contributed by atoms with Crippen molar-refractivity contribution in [2.45, 2.75) is 12.8 Å². The van der Waals surface area contributed by atoms with E-state index < -0.39 is 5.92 Å². The van der Waals surface area contributed by atoms with Gasteiger partial charge in [0.15, 0.2) is 0 Å². The first-order valence-electron chi connectivity index (χ1n) is 7.52. The zero-order valence-electron chi connectivity index (χ0n) is 12.5. The first-order valence-corrected chi connectivity index (χ1v) is 8.78. The molecule has 1 aliphatic rings. The van der Waals surface area contributed by atoms with Crippen LogP contribution in [0, 0.1) is 5.92 Å². The molecule has 1 aliphatic heterocycles. The standard InChI is InChI=1S/C17H17ClN2O2S/c18-12-3-1-4-13(11-12)20-9-7-15(17(20)22)16(21)19-8-6-14-5-2-10-23-14/h1-5,10-11,15H,6-9H2,(H,19,21). The molecule has 1 N–H and O–H groups in total. The number of carbonyl (C=O) groups excluding carboxylic acids is 2. The molecule has 0 bridgehead atoms. The Kier molecular flexibility index (Phi) is 4.98. The Hall–Kier alpha value is -1.85. The monoisotopic (exact) mass is 348 g/mol. The van der Waals surface area contributed by atoms with Gasteiger partial charge in [0.25, 0.3) is 0 Å². The fourth-order valence-electron chi connectivity index (χ4n) is 2.71. The van der Waals surface area contributed by atoms with Crippen LogP contribution < -0.4 is 10.2 Å². The fourth-order valence-corrected chi connectivity index (χ4v) is 3.60. The number of amides is 2. The molecule has 1 unspecified atom stereocenters. The van der Waals surface area contributed by atoms with E-state index in [1.54, 1.807) is 34.4 Å². The van der Waals surface area contributed by atoms with Crippen molar-refractivity contribution in [2.75, 3.05) is 18.0 Å². The number of carbonyl (C=O) groups is 2. The second kappa shape index (κ2) is 7.15. The number of anilines is 1. The summed E-state index contributed by atoms with van der Waals surface area (Å²) in [5.74, 6) is -0.936. The SMILES string of the molecule is O=C(NCCc1cccs1)C1CCN(c2cccc(Cl)c2)C1=O. The second-order valence-corrected chi connectivity index (χ2v) is 6.90. The van der Waals surface area contributed by atoms with Crippen LogP contribution >= 0.6 is 22.9 Å². The predicted octanol–water partition coefficient (Wildman–Crippen LogP) is 3.11. The van der Waals surface area contributed by atoms with Crippen molar-refractivity contribution in [3.63, 3.8) is 0 Å². The van der Waals surface area contributed by atoms with Crippen LogP contribution in [0.1, 0.15) is 11.3 Å². The number of halogens is 1. The van der Waals surface area contributed by atoms with Crippen LogP contribution in [-0.2, 0) is 16.0 Å². The number of benzene rings is 1. The van der Waals surface area contributed by atoms with Gasteiger partial charge < -0.3 is 10.2 Å². The highest BCUT2D eigenvalue weighted by Gasteiger charge is 2.37. The average molecular weight is 349 g/mol. The van der Waals surface area contributed by atoms with E-state index in [1.807, 2.05) is 23.6 Å². The summed E-state index contributed by atoms with van der Waals surface area (Å²) in [7, 11) is 0. The molecular weight excluding hydrogens is 332 g/mol. The lowest BCUT2D eigenvalue weighted by molar-refractivity contribution is -0.132. The maximum Gasteiger partial charge on any atom is 0.239 e. The molecule has 23 heavy (non-hydrogen) atoms. The first kappa shape index (κ1) is 16.0. The Balaban J connectivity index is 1.56. The van der Waals surface area contributed by atoms with Gasteiger partial charge in [0.1, 0.15) is 5.92 Å². The smallest absolute Gasteiger partial charge is 0.239 e. The third-order valence-electron chi connectivity index (χ3n) is 3.89. The Morgan fingerprint density at radius 3 is 2.96 bits per heavy atom. The normalized spacial score (nSPS) is 17.5. The van der Waals surface area contributed by atoms with Gasteiger partial charge in [0, 0.05) is 28.7 Å². The van der Waals surface area contributed by atoms with Crippen molar-refractivity contribution in [3.8, 4) is 0 Å². The zero-order chi connectivity index (χ0) is 16.2. The van der Waals surface area contributed by atoms with Crippen LogP contribution in [0.3, 0.4) is 0 Å². The van der Waals surface area contributed by atoms with E-state index in [2.05, 4.69) is 5.32 Å². The summed E-state index contributed by atoms with van der Waals surface area (Å²) >= 11 is 7.64. The van der Waals surface area contributed by atoms with Crippen molar-refractivity contribution in [2.24, 2.45) is 5.92 Å². The second-order valence-electron chi connectivity index (χ2n) is 5.43. The number of nitrogens with zero attached hydrogens (tertiary/aromatic N) is 1. The molecule has 1 aromatic heterocycles. The molecule has 3 rings (SSSR count). The minimum Gasteiger partial charge on any atom is -0.355 e. The fraction of sp³-hybridized carbons (Fsp3) is 0.294. The maximum atomic E-state index is 12.5. The molecule has 0 saturated carbocycles. The lowest BCUT2D eigenvalue weighted by Crippen LogP contribution is -2.37. The molecule has 6 heteroatoms. The zero-order valence-corrected chi connectivity index (χ0v) is 14.1. The van der Waals surface area contributed by atoms with Crippen LogP contribution in [0.5, 0.6) is 0 Å². The molecule has 1 aromatic carbocycles. The molecule has 2 aromatic rings. The Labute approximate surface area is 144 Å². The number of rotatable bonds is 5. The number of hydrogen-bond acceptors (Lipinski definition) is 3. The van der Waals surface area contributed by atoms with Gasteiger partial charge >= 0.3 is 0 Å². The Bertz CT molecular complexity index is 702. The molecule has 0 radical (unpaired) electrons. The minimum atomic E-state index is -0.600.